The molecule has 0 aliphatic rings. The van der Waals surface area contributed by atoms with Crippen LogP contribution in [-0.4, -0.2) is 21.9 Å². The molecule has 0 atom stereocenters. The molecule has 96 valence electrons. The molecule has 2 rings (SSSR count). The van der Waals surface area contributed by atoms with Crippen molar-refractivity contribution in [3.8, 4) is 17.1 Å². The van der Waals surface area contributed by atoms with Gasteiger partial charge in [0.15, 0.2) is 5.82 Å². The van der Waals surface area contributed by atoms with E-state index in [0.717, 1.165) is 40.5 Å². The zero-order chi connectivity index (χ0) is 13.3. The van der Waals surface area contributed by atoms with Crippen LogP contribution in [0.1, 0.15) is 23.9 Å². The second kappa shape index (κ2) is 4.80. The van der Waals surface area contributed by atoms with E-state index in [-0.39, 0.29) is 0 Å². The fourth-order valence-corrected chi connectivity index (χ4v) is 2.25. The molecule has 0 amide bonds. The number of ether oxygens (including phenoxy) is 1. The second-order valence-electron chi connectivity index (χ2n) is 4.47. The number of rotatable bonds is 3. The van der Waals surface area contributed by atoms with Gasteiger partial charge in [-0.25, -0.2) is 4.98 Å². The molecule has 1 aromatic heterocycles. The van der Waals surface area contributed by atoms with Crippen molar-refractivity contribution in [1.82, 2.24) is 14.8 Å². The molecule has 1 heterocycles. The van der Waals surface area contributed by atoms with Gasteiger partial charge in [0, 0.05) is 19.0 Å². The van der Waals surface area contributed by atoms with Gasteiger partial charge >= 0.3 is 0 Å². The van der Waals surface area contributed by atoms with Gasteiger partial charge in [-0.2, -0.15) is 5.10 Å². The summed E-state index contributed by atoms with van der Waals surface area (Å²) in [4.78, 5) is 4.55. The molecule has 2 aromatic rings. The van der Waals surface area contributed by atoms with Gasteiger partial charge in [-0.1, -0.05) is 6.92 Å². The Labute approximate surface area is 108 Å². The first kappa shape index (κ1) is 12.6. The van der Waals surface area contributed by atoms with Crippen LogP contribution in [0.4, 0.5) is 0 Å². The molecule has 0 spiro atoms. The van der Waals surface area contributed by atoms with E-state index in [0.29, 0.717) is 0 Å². The lowest BCUT2D eigenvalue weighted by Gasteiger charge is -2.09. The number of aryl methyl sites for hydroxylation is 4. The van der Waals surface area contributed by atoms with Crippen LogP contribution in [-0.2, 0) is 13.5 Å². The summed E-state index contributed by atoms with van der Waals surface area (Å²) in [5.41, 5.74) is 3.26. The molecule has 0 fully saturated rings. The molecule has 1 aromatic carbocycles. The van der Waals surface area contributed by atoms with Gasteiger partial charge in [-0.15, -0.1) is 0 Å². The quantitative estimate of drug-likeness (QED) is 0.834. The maximum Gasteiger partial charge on any atom is 0.181 e. The van der Waals surface area contributed by atoms with Gasteiger partial charge in [-0.05, 0) is 37.1 Å². The van der Waals surface area contributed by atoms with Crippen LogP contribution in [0, 0.1) is 13.8 Å². The van der Waals surface area contributed by atoms with E-state index >= 15 is 0 Å². The lowest BCUT2D eigenvalue weighted by atomic mass is 10.1. The summed E-state index contributed by atoms with van der Waals surface area (Å²) < 4.78 is 7.21. The van der Waals surface area contributed by atoms with Crippen molar-refractivity contribution in [3.63, 3.8) is 0 Å². The molecule has 18 heavy (non-hydrogen) atoms. The summed E-state index contributed by atoms with van der Waals surface area (Å²) in [6.45, 7) is 6.16. The monoisotopic (exact) mass is 245 g/mol. The Morgan fingerprint density at radius 3 is 2.28 bits per heavy atom. The SMILES string of the molecule is CCc1nc(-c2cc(C)c(OC)c(C)c2)nn1C. The van der Waals surface area contributed by atoms with Crippen molar-refractivity contribution >= 4 is 0 Å². The topological polar surface area (TPSA) is 39.9 Å². The Bertz CT molecular complexity index is 549. The van der Waals surface area contributed by atoms with Gasteiger partial charge in [0.1, 0.15) is 11.6 Å². The third-order valence-corrected chi connectivity index (χ3v) is 3.09. The minimum atomic E-state index is 0.781. The number of benzene rings is 1. The summed E-state index contributed by atoms with van der Waals surface area (Å²) in [5, 5.41) is 4.45. The molecule has 0 aliphatic heterocycles. The summed E-state index contributed by atoms with van der Waals surface area (Å²) in [6, 6.07) is 4.14. The van der Waals surface area contributed by atoms with Crippen molar-refractivity contribution in [2.24, 2.45) is 7.05 Å². The number of aromatic nitrogens is 3. The first-order valence-corrected chi connectivity index (χ1v) is 6.12. The minimum Gasteiger partial charge on any atom is -0.496 e. The maximum absolute atomic E-state index is 5.37. The van der Waals surface area contributed by atoms with Crippen molar-refractivity contribution in [3.05, 3.63) is 29.1 Å². The Hall–Kier alpha value is -1.84. The smallest absolute Gasteiger partial charge is 0.181 e. The van der Waals surface area contributed by atoms with Crippen molar-refractivity contribution in [1.29, 1.82) is 0 Å². The fraction of sp³-hybridized carbons (Fsp3) is 0.429. The van der Waals surface area contributed by atoms with E-state index in [2.05, 4.69) is 29.1 Å². The molecule has 0 saturated carbocycles. The lowest BCUT2D eigenvalue weighted by Crippen LogP contribution is -1.96. The van der Waals surface area contributed by atoms with Gasteiger partial charge in [0.25, 0.3) is 0 Å². The molecule has 0 radical (unpaired) electrons. The van der Waals surface area contributed by atoms with Gasteiger partial charge < -0.3 is 4.74 Å². The molecule has 0 N–H and O–H groups in total. The molecule has 0 aliphatic carbocycles. The highest BCUT2D eigenvalue weighted by atomic mass is 16.5. The van der Waals surface area contributed by atoms with E-state index in [9.17, 15) is 0 Å². The lowest BCUT2D eigenvalue weighted by molar-refractivity contribution is 0.408. The van der Waals surface area contributed by atoms with Crippen LogP contribution in [0.3, 0.4) is 0 Å². The van der Waals surface area contributed by atoms with Crippen molar-refractivity contribution < 1.29 is 4.74 Å². The normalized spacial score (nSPS) is 10.7. The van der Waals surface area contributed by atoms with E-state index < -0.39 is 0 Å². The summed E-state index contributed by atoms with van der Waals surface area (Å²) in [7, 11) is 3.63. The van der Waals surface area contributed by atoms with Crippen molar-refractivity contribution in [2.75, 3.05) is 7.11 Å². The van der Waals surface area contributed by atoms with Crippen LogP contribution in [0.15, 0.2) is 12.1 Å². The Balaban J connectivity index is 2.51. The summed E-state index contributed by atoms with van der Waals surface area (Å²) in [5.74, 6) is 2.71. The van der Waals surface area contributed by atoms with Crippen LogP contribution < -0.4 is 4.74 Å². The molecular weight excluding hydrogens is 226 g/mol. The van der Waals surface area contributed by atoms with Crippen LogP contribution in [0.25, 0.3) is 11.4 Å². The molecular formula is C14H19N3O. The highest BCUT2D eigenvalue weighted by molar-refractivity contribution is 5.61. The first-order valence-electron chi connectivity index (χ1n) is 6.12. The van der Waals surface area contributed by atoms with Crippen molar-refractivity contribution in [2.45, 2.75) is 27.2 Å². The predicted octanol–water partition coefficient (Wildman–Crippen LogP) is 2.67. The maximum atomic E-state index is 5.37. The van der Waals surface area contributed by atoms with Crippen LogP contribution in [0.5, 0.6) is 5.75 Å². The molecule has 4 nitrogen and oxygen atoms in total. The van der Waals surface area contributed by atoms with Crippen LogP contribution in [0.2, 0.25) is 0 Å². The Kier molecular flexibility index (Phi) is 3.36. The Morgan fingerprint density at radius 2 is 1.83 bits per heavy atom. The first-order chi connectivity index (χ1) is 8.56. The zero-order valence-corrected chi connectivity index (χ0v) is 11.6. The number of nitrogens with zero attached hydrogens (tertiary/aromatic N) is 3. The number of methoxy groups -OCH3 is 1. The van der Waals surface area contributed by atoms with Crippen LogP contribution >= 0.6 is 0 Å². The highest BCUT2D eigenvalue weighted by Gasteiger charge is 2.11. The summed E-state index contributed by atoms with van der Waals surface area (Å²) in [6.07, 6.45) is 0.887. The molecule has 0 bridgehead atoms. The number of hydrogen-bond donors (Lipinski definition) is 0. The van der Waals surface area contributed by atoms with Gasteiger partial charge in [0.05, 0.1) is 7.11 Å². The average molecular weight is 245 g/mol. The standard InChI is InChI=1S/C14H19N3O/c1-6-12-15-14(16-17(12)4)11-7-9(2)13(18-5)10(3)8-11/h7-8H,6H2,1-5H3. The van der Waals surface area contributed by atoms with E-state index in [4.69, 9.17) is 4.74 Å². The fourth-order valence-electron chi connectivity index (χ4n) is 2.25. The number of hydrogen-bond acceptors (Lipinski definition) is 3. The molecule has 0 saturated heterocycles. The molecule has 4 heteroatoms. The van der Waals surface area contributed by atoms with E-state index in [1.54, 1.807) is 7.11 Å². The third kappa shape index (κ3) is 2.10. The largest absolute Gasteiger partial charge is 0.496 e. The van der Waals surface area contributed by atoms with Gasteiger partial charge in [0.2, 0.25) is 0 Å². The average Bonchev–Trinajstić information content (AvgIpc) is 2.70. The van der Waals surface area contributed by atoms with E-state index in [1.807, 2.05) is 25.6 Å². The van der Waals surface area contributed by atoms with E-state index in [1.165, 1.54) is 0 Å². The Morgan fingerprint density at radius 1 is 1.22 bits per heavy atom. The summed E-state index contributed by atoms with van der Waals surface area (Å²) >= 11 is 0. The highest BCUT2D eigenvalue weighted by Crippen LogP contribution is 2.28. The predicted molar refractivity (Wildman–Crippen MR) is 71.8 cm³/mol. The second-order valence-corrected chi connectivity index (χ2v) is 4.47. The molecule has 0 unspecified atom stereocenters. The van der Waals surface area contributed by atoms with Gasteiger partial charge in [-0.3, -0.25) is 4.68 Å². The third-order valence-electron chi connectivity index (χ3n) is 3.09. The minimum absolute atomic E-state index is 0.781. The zero-order valence-electron chi connectivity index (χ0n) is 11.6.